The zero-order valence-electron chi connectivity index (χ0n) is 12.2. The minimum absolute atomic E-state index is 0.293. The third kappa shape index (κ3) is 2.94. The smallest absolute Gasteiger partial charge is 0.119 e. The van der Waals surface area contributed by atoms with Gasteiger partial charge in [0.1, 0.15) is 5.75 Å². The summed E-state index contributed by atoms with van der Waals surface area (Å²) in [7, 11) is 1.75. The van der Waals surface area contributed by atoms with E-state index in [9.17, 15) is 0 Å². The van der Waals surface area contributed by atoms with Crippen LogP contribution in [-0.2, 0) is 5.41 Å². The molecule has 1 saturated carbocycles. The Morgan fingerprint density at radius 2 is 2.21 bits per heavy atom. The highest BCUT2D eigenvalue weighted by atomic mass is 16.5. The molecule has 0 spiro atoms. The lowest BCUT2D eigenvalue weighted by atomic mass is 9.76. The van der Waals surface area contributed by atoms with Gasteiger partial charge in [-0.2, -0.15) is 0 Å². The average Bonchev–Trinajstić information content (AvgIpc) is 3.23. The van der Waals surface area contributed by atoms with Crippen LogP contribution in [-0.4, -0.2) is 31.6 Å². The van der Waals surface area contributed by atoms with E-state index in [1.54, 1.807) is 7.11 Å². The molecule has 0 N–H and O–H groups in total. The molecule has 1 heterocycles. The van der Waals surface area contributed by atoms with Crippen molar-refractivity contribution < 1.29 is 4.74 Å². The van der Waals surface area contributed by atoms with Gasteiger partial charge in [-0.05, 0) is 55.8 Å². The second kappa shape index (κ2) is 5.16. The number of ether oxygens (including phenoxy) is 1. The van der Waals surface area contributed by atoms with Crippen molar-refractivity contribution in [2.24, 2.45) is 5.92 Å². The molecule has 0 amide bonds. The zero-order valence-corrected chi connectivity index (χ0v) is 12.2. The fourth-order valence-corrected chi connectivity index (χ4v) is 3.40. The minimum Gasteiger partial charge on any atom is -0.497 e. The van der Waals surface area contributed by atoms with E-state index in [1.165, 1.54) is 50.9 Å². The molecule has 0 bridgehead atoms. The molecule has 1 aliphatic carbocycles. The van der Waals surface area contributed by atoms with Gasteiger partial charge in [-0.1, -0.05) is 19.1 Å². The first kappa shape index (κ1) is 13.0. The molecule has 0 radical (unpaired) electrons. The molecule has 19 heavy (non-hydrogen) atoms. The fraction of sp³-hybridized carbons (Fsp3) is 0.647. The molecule has 2 fully saturated rings. The molecule has 2 aliphatic rings. The number of hydrogen-bond donors (Lipinski definition) is 0. The van der Waals surface area contributed by atoms with Gasteiger partial charge in [0.2, 0.25) is 0 Å². The van der Waals surface area contributed by atoms with Gasteiger partial charge in [0.25, 0.3) is 0 Å². The van der Waals surface area contributed by atoms with Gasteiger partial charge in [-0.3, -0.25) is 0 Å². The quantitative estimate of drug-likeness (QED) is 0.821. The van der Waals surface area contributed by atoms with Crippen LogP contribution < -0.4 is 4.74 Å². The van der Waals surface area contributed by atoms with Crippen molar-refractivity contribution in [2.75, 3.05) is 26.7 Å². The summed E-state index contributed by atoms with van der Waals surface area (Å²) in [5.41, 5.74) is 1.73. The molecular weight excluding hydrogens is 234 g/mol. The molecule has 0 aromatic heterocycles. The van der Waals surface area contributed by atoms with E-state index in [4.69, 9.17) is 4.74 Å². The number of methoxy groups -OCH3 is 1. The highest BCUT2D eigenvalue weighted by molar-refractivity contribution is 5.34. The topological polar surface area (TPSA) is 12.5 Å². The zero-order chi connectivity index (χ0) is 13.3. The van der Waals surface area contributed by atoms with E-state index in [1.807, 2.05) is 6.07 Å². The van der Waals surface area contributed by atoms with E-state index in [-0.39, 0.29) is 0 Å². The molecule has 0 unspecified atom stereocenters. The van der Waals surface area contributed by atoms with Gasteiger partial charge < -0.3 is 9.64 Å². The Morgan fingerprint density at radius 1 is 1.37 bits per heavy atom. The maximum Gasteiger partial charge on any atom is 0.119 e. The molecule has 2 nitrogen and oxygen atoms in total. The maximum atomic E-state index is 5.38. The van der Waals surface area contributed by atoms with Crippen LogP contribution in [0.2, 0.25) is 0 Å². The molecule has 3 rings (SSSR count). The Labute approximate surface area is 116 Å². The normalized spacial score (nSPS) is 28.3. The summed E-state index contributed by atoms with van der Waals surface area (Å²) in [4.78, 5) is 2.68. The van der Waals surface area contributed by atoms with Crippen LogP contribution in [0.4, 0.5) is 0 Å². The van der Waals surface area contributed by atoms with Crippen molar-refractivity contribution in [3.05, 3.63) is 29.8 Å². The third-order valence-electron chi connectivity index (χ3n) is 4.76. The van der Waals surface area contributed by atoms with Crippen molar-refractivity contribution >= 4 is 0 Å². The van der Waals surface area contributed by atoms with Crippen LogP contribution >= 0.6 is 0 Å². The van der Waals surface area contributed by atoms with Crippen LogP contribution in [0.15, 0.2) is 24.3 Å². The predicted octanol–water partition coefficient (Wildman–Crippen LogP) is 3.46. The van der Waals surface area contributed by atoms with Crippen LogP contribution in [0.1, 0.15) is 38.2 Å². The third-order valence-corrected chi connectivity index (χ3v) is 4.76. The van der Waals surface area contributed by atoms with Crippen LogP contribution in [0.5, 0.6) is 5.75 Å². The summed E-state index contributed by atoms with van der Waals surface area (Å²) >= 11 is 0. The standard InChI is InChI=1S/C17H25NO/c1-17(15-5-3-6-16(11-15)19-2)9-4-10-18(13-17)12-14-7-8-14/h3,5-6,11,14H,4,7-10,12-13H2,1-2H3/t17-/m0/s1. The maximum absolute atomic E-state index is 5.38. The first-order chi connectivity index (χ1) is 9.19. The summed E-state index contributed by atoms with van der Waals surface area (Å²) in [6.45, 7) is 6.23. The Hall–Kier alpha value is -1.02. The number of likely N-dealkylation sites (tertiary alicyclic amines) is 1. The molecule has 1 aromatic carbocycles. The van der Waals surface area contributed by atoms with Crippen molar-refractivity contribution in [1.82, 2.24) is 4.90 Å². The van der Waals surface area contributed by atoms with Gasteiger partial charge in [0, 0.05) is 18.5 Å². The lowest BCUT2D eigenvalue weighted by molar-refractivity contribution is 0.151. The summed E-state index contributed by atoms with van der Waals surface area (Å²) in [5, 5.41) is 0. The van der Waals surface area contributed by atoms with Gasteiger partial charge in [-0.15, -0.1) is 0 Å². The molecule has 2 heteroatoms. The van der Waals surface area contributed by atoms with Gasteiger partial charge in [0.15, 0.2) is 0 Å². The monoisotopic (exact) mass is 259 g/mol. The Kier molecular flexibility index (Phi) is 3.53. The second-order valence-electron chi connectivity index (χ2n) is 6.57. The van der Waals surface area contributed by atoms with Crippen molar-refractivity contribution in [3.8, 4) is 5.75 Å². The molecule has 104 valence electrons. The first-order valence-corrected chi connectivity index (χ1v) is 7.56. The van der Waals surface area contributed by atoms with Crippen LogP contribution in [0, 0.1) is 5.92 Å². The molecule has 1 aromatic rings. The summed E-state index contributed by atoms with van der Waals surface area (Å²) in [6.07, 6.45) is 5.51. The average molecular weight is 259 g/mol. The van der Waals surface area contributed by atoms with E-state index in [2.05, 4.69) is 30.0 Å². The van der Waals surface area contributed by atoms with Crippen LogP contribution in [0.3, 0.4) is 0 Å². The lowest BCUT2D eigenvalue weighted by Crippen LogP contribution is -2.45. The van der Waals surface area contributed by atoms with E-state index >= 15 is 0 Å². The van der Waals surface area contributed by atoms with E-state index < -0.39 is 0 Å². The SMILES string of the molecule is COc1cccc([C@@]2(C)CCCN(CC3CC3)C2)c1. The fourth-order valence-electron chi connectivity index (χ4n) is 3.40. The first-order valence-electron chi connectivity index (χ1n) is 7.56. The lowest BCUT2D eigenvalue weighted by Gasteiger charge is -2.41. The Morgan fingerprint density at radius 3 is 2.95 bits per heavy atom. The highest BCUT2D eigenvalue weighted by Gasteiger charge is 2.35. The Bertz CT molecular complexity index is 441. The Balaban J connectivity index is 1.75. The summed E-state index contributed by atoms with van der Waals surface area (Å²) < 4.78 is 5.38. The number of rotatable bonds is 4. The van der Waals surface area contributed by atoms with Crippen molar-refractivity contribution in [3.63, 3.8) is 0 Å². The van der Waals surface area contributed by atoms with Gasteiger partial charge in [0.05, 0.1) is 7.11 Å². The van der Waals surface area contributed by atoms with E-state index in [0.717, 1.165) is 11.7 Å². The molecule has 1 atom stereocenters. The number of nitrogens with zero attached hydrogens (tertiary/aromatic N) is 1. The summed E-state index contributed by atoms with van der Waals surface area (Å²) in [5.74, 6) is 1.98. The highest BCUT2D eigenvalue weighted by Crippen LogP contribution is 2.37. The predicted molar refractivity (Wildman–Crippen MR) is 78.7 cm³/mol. The molecule has 1 saturated heterocycles. The largest absolute Gasteiger partial charge is 0.497 e. The van der Waals surface area contributed by atoms with Gasteiger partial charge >= 0.3 is 0 Å². The van der Waals surface area contributed by atoms with Crippen molar-refractivity contribution in [2.45, 2.75) is 38.0 Å². The van der Waals surface area contributed by atoms with E-state index in [0.29, 0.717) is 5.41 Å². The second-order valence-corrected chi connectivity index (χ2v) is 6.57. The summed E-state index contributed by atoms with van der Waals surface area (Å²) in [6, 6.07) is 8.65. The van der Waals surface area contributed by atoms with Gasteiger partial charge in [-0.25, -0.2) is 0 Å². The molecular formula is C17H25NO. The number of hydrogen-bond acceptors (Lipinski definition) is 2. The number of benzene rings is 1. The molecule has 1 aliphatic heterocycles. The van der Waals surface area contributed by atoms with Crippen molar-refractivity contribution in [1.29, 1.82) is 0 Å². The van der Waals surface area contributed by atoms with Crippen LogP contribution in [0.25, 0.3) is 0 Å². The minimum atomic E-state index is 0.293. The number of piperidine rings is 1.